The van der Waals surface area contributed by atoms with Gasteiger partial charge in [-0.1, -0.05) is 35.3 Å². The zero-order chi connectivity index (χ0) is 13.3. The van der Waals surface area contributed by atoms with Crippen LogP contribution in [0.4, 0.5) is 0 Å². The Bertz CT molecular complexity index is 601. The van der Waals surface area contributed by atoms with Crippen molar-refractivity contribution in [2.75, 3.05) is 0 Å². The molecular weight excluding hydrogens is 271 g/mol. The fourth-order valence-corrected chi connectivity index (χ4v) is 2.32. The van der Waals surface area contributed by atoms with Gasteiger partial charge in [-0.3, -0.25) is 0 Å². The second kappa shape index (κ2) is 5.01. The van der Waals surface area contributed by atoms with Gasteiger partial charge >= 0.3 is 5.97 Å². The number of carboxylic acids is 1. The molecule has 0 saturated heterocycles. The van der Waals surface area contributed by atoms with E-state index in [0.29, 0.717) is 5.02 Å². The van der Waals surface area contributed by atoms with Crippen LogP contribution in [-0.2, 0) is 0 Å². The van der Waals surface area contributed by atoms with E-state index in [4.69, 9.17) is 28.3 Å². The van der Waals surface area contributed by atoms with E-state index in [1.807, 2.05) is 25.1 Å². The van der Waals surface area contributed by atoms with Crippen molar-refractivity contribution in [2.24, 2.45) is 0 Å². The van der Waals surface area contributed by atoms with Gasteiger partial charge < -0.3 is 5.11 Å². The summed E-state index contributed by atoms with van der Waals surface area (Å²) in [6, 6.07) is 10.5. The molecule has 0 unspecified atom stereocenters. The molecule has 0 bridgehead atoms. The van der Waals surface area contributed by atoms with Crippen LogP contribution in [0.5, 0.6) is 0 Å². The highest BCUT2D eigenvalue weighted by Crippen LogP contribution is 2.28. The molecular formula is C14H10Cl2O2. The van der Waals surface area contributed by atoms with Crippen LogP contribution in [0.15, 0.2) is 36.4 Å². The Morgan fingerprint density at radius 2 is 1.78 bits per heavy atom. The van der Waals surface area contributed by atoms with Crippen LogP contribution in [0.3, 0.4) is 0 Å². The molecule has 18 heavy (non-hydrogen) atoms. The van der Waals surface area contributed by atoms with E-state index in [-0.39, 0.29) is 10.6 Å². The first-order valence-corrected chi connectivity index (χ1v) is 6.03. The molecule has 0 fully saturated rings. The van der Waals surface area contributed by atoms with Crippen LogP contribution in [-0.4, -0.2) is 11.1 Å². The highest BCUT2D eigenvalue weighted by Gasteiger charge is 2.10. The van der Waals surface area contributed by atoms with E-state index < -0.39 is 5.97 Å². The maximum atomic E-state index is 10.9. The zero-order valence-corrected chi connectivity index (χ0v) is 11.1. The van der Waals surface area contributed by atoms with Crippen LogP contribution in [0, 0.1) is 6.92 Å². The first-order chi connectivity index (χ1) is 8.47. The standard InChI is InChI=1S/C14H10Cl2O2/c1-8-4-10(6-11(15)5-8)9-2-3-12(14(17)18)13(16)7-9/h2-7H,1H3,(H,17,18). The number of hydrogen-bond donors (Lipinski definition) is 1. The van der Waals surface area contributed by atoms with Crippen LogP contribution in [0.1, 0.15) is 15.9 Å². The average Bonchev–Trinajstić information content (AvgIpc) is 2.26. The lowest BCUT2D eigenvalue weighted by Crippen LogP contribution is -1.97. The molecule has 4 heteroatoms. The molecule has 1 N–H and O–H groups in total. The van der Waals surface area contributed by atoms with E-state index in [1.165, 1.54) is 6.07 Å². The van der Waals surface area contributed by atoms with E-state index in [9.17, 15) is 4.79 Å². The Morgan fingerprint density at radius 1 is 1.06 bits per heavy atom. The molecule has 2 nitrogen and oxygen atoms in total. The number of carbonyl (C=O) groups is 1. The van der Waals surface area contributed by atoms with Gasteiger partial charge in [-0.25, -0.2) is 4.79 Å². The summed E-state index contributed by atoms with van der Waals surface area (Å²) in [6.07, 6.45) is 0. The quantitative estimate of drug-likeness (QED) is 0.868. The summed E-state index contributed by atoms with van der Waals surface area (Å²) in [7, 11) is 0. The Kier molecular flexibility index (Phi) is 3.60. The van der Waals surface area contributed by atoms with E-state index in [2.05, 4.69) is 0 Å². The molecule has 92 valence electrons. The minimum Gasteiger partial charge on any atom is -0.478 e. The summed E-state index contributed by atoms with van der Waals surface area (Å²) in [5, 5.41) is 9.77. The first kappa shape index (κ1) is 12.9. The van der Waals surface area contributed by atoms with Crippen LogP contribution < -0.4 is 0 Å². The smallest absolute Gasteiger partial charge is 0.337 e. The molecule has 2 aromatic rings. The fourth-order valence-electron chi connectivity index (χ4n) is 1.77. The highest BCUT2D eigenvalue weighted by molar-refractivity contribution is 6.34. The van der Waals surface area contributed by atoms with Gasteiger partial charge in [-0.05, 0) is 47.9 Å². The van der Waals surface area contributed by atoms with Gasteiger partial charge in [0.15, 0.2) is 0 Å². The molecule has 0 aromatic heterocycles. The minimum absolute atomic E-state index is 0.0965. The van der Waals surface area contributed by atoms with Crippen molar-refractivity contribution in [2.45, 2.75) is 6.92 Å². The van der Waals surface area contributed by atoms with E-state index in [1.54, 1.807) is 12.1 Å². The van der Waals surface area contributed by atoms with Crippen molar-refractivity contribution in [3.05, 3.63) is 57.6 Å². The van der Waals surface area contributed by atoms with Crippen LogP contribution >= 0.6 is 23.2 Å². The van der Waals surface area contributed by atoms with Crippen LogP contribution in [0.25, 0.3) is 11.1 Å². The van der Waals surface area contributed by atoms with Gasteiger partial charge in [0.05, 0.1) is 10.6 Å². The number of aromatic carboxylic acids is 1. The first-order valence-electron chi connectivity index (χ1n) is 5.28. The second-order valence-electron chi connectivity index (χ2n) is 4.02. The monoisotopic (exact) mass is 280 g/mol. The third-order valence-corrected chi connectivity index (χ3v) is 3.11. The Labute approximate surface area is 115 Å². The summed E-state index contributed by atoms with van der Waals surface area (Å²) in [5.74, 6) is -1.03. The maximum Gasteiger partial charge on any atom is 0.337 e. The molecule has 0 aliphatic carbocycles. The molecule has 0 amide bonds. The van der Waals surface area contributed by atoms with Gasteiger partial charge in [-0.2, -0.15) is 0 Å². The fraction of sp³-hybridized carbons (Fsp3) is 0.0714. The lowest BCUT2D eigenvalue weighted by atomic mass is 10.0. The summed E-state index contributed by atoms with van der Waals surface area (Å²) in [6.45, 7) is 1.95. The topological polar surface area (TPSA) is 37.3 Å². The lowest BCUT2D eigenvalue weighted by molar-refractivity contribution is 0.0697. The molecule has 0 spiro atoms. The number of rotatable bonds is 2. The van der Waals surface area contributed by atoms with Crippen molar-refractivity contribution in [1.82, 2.24) is 0 Å². The second-order valence-corrected chi connectivity index (χ2v) is 4.86. The number of hydrogen-bond acceptors (Lipinski definition) is 1. The molecule has 0 saturated carbocycles. The number of benzene rings is 2. The average molecular weight is 281 g/mol. The summed E-state index contributed by atoms with van der Waals surface area (Å²) < 4.78 is 0. The third-order valence-electron chi connectivity index (χ3n) is 2.57. The molecule has 2 aromatic carbocycles. The van der Waals surface area contributed by atoms with Crippen molar-refractivity contribution in [1.29, 1.82) is 0 Å². The third kappa shape index (κ3) is 2.66. The molecule has 0 aliphatic heterocycles. The lowest BCUT2D eigenvalue weighted by Gasteiger charge is -2.06. The van der Waals surface area contributed by atoms with E-state index in [0.717, 1.165) is 16.7 Å². The largest absolute Gasteiger partial charge is 0.478 e. The van der Waals surface area contributed by atoms with Gasteiger partial charge in [-0.15, -0.1) is 0 Å². The Hall–Kier alpha value is -1.51. The SMILES string of the molecule is Cc1cc(Cl)cc(-c2ccc(C(=O)O)c(Cl)c2)c1. The number of halogens is 2. The maximum absolute atomic E-state index is 10.9. The zero-order valence-electron chi connectivity index (χ0n) is 9.58. The van der Waals surface area contributed by atoms with Gasteiger partial charge in [0.25, 0.3) is 0 Å². The van der Waals surface area contributed by atoms with Crippen LogP contribution in [0.2, 0.25) is 10.0 Å². The van der Waals surface area contributed by atoms with E-state index >= 15 is 0 Å². The minimum atomic E-state index is -1.03. The van der Waals surface area contributed by atoms with Gasteiger partial charge in [0.2, 0.25) is 0 Å². The predicted octanol–water partition coefficient (Wildman–Crippen LogP) is 4.67. The molecule has 0 heterocycles. The predicted molar refractivity (Wildman–Crippen MR) is 73.6 cm³/mol. The summed E-state index contributed by atoms with van der Waals surface area (Å²) in [5.41, 5.74) is 2.89. The molecule has 0 atom stereocenters. The van der Waals surface area contributed by atoms with Crippen molar-refractivity contribution >= 4 is 29.2 Å². The van der Waals surface area contributed by atoms with Crippen molar-refractivity contribution < 1.29 is 9.90 Å². The molecule has 0 aliphatic rings. The molecule has 2 rings (SSSR count). The van der Waals surface area contributed by atoms with Gasteiger partial charge in [0, 0.05) is 5.02 Å². The normalized spacial score (nSPS) is 10.4. The van der Waals surface area contributed by atoms with Gasteiger partial charge in [0.1, 0.15) is 0 Å². The van der Waals surface area contributed by atoms with Crippen molar-refractivity contribution in [3.8, 4) is 11.1 Å². The molecule has 0 radical (unpaired) electrons. The number of carboxylic acid groups (broad SMARTS) is 1. The highest BCUT2D eigenvalue weighted by atomic mass is 35.5. The Morgan fingerprint density at radius 3 is 2.33 bits per heavy atom. The summed E-state index contributed by atoms with van der Waals surface area (Å²) >= 11 is 11.9. The van der Waals surface area contributed by atoms with Crippen molar-refractivity contribution in [3.63, 3.8) is 0 Å². The summed E-state index contributed by atoms with van der Waals surface area (Å²) in [4.78, 5) is 10.9. The Balaban J connectivity index is 2.52. The number of aryl methyl sites for hydroxylation is 1.